The highest BCUT2D eigenvalue weighted by Gasteiger charge is 2.32. The summed E-state index contributed by atoms with van der Waals surface area (Å²) in [5.74, 6) is -2.07. The Morgan fingerprint density at radius 3 is 2.50 bits per heavy atom. The Hall–Kier alpha value is -1.32. The third kappa shape index (κ3) is 1.96. The van der Waals surface area contributed by atoms with E-state index in [9.17, 15) is 8.78 Å². The zero-order chi connectivity index (χ0) is 11.8. The molecule has 2 nitrogen and oxygen atoms in total. The van der Waals surface area contributed by atoms with E-state index in [-0.39, 0.29) is 11.4 Å². The molecule has 0 unspecified atom stereocenters. The van der Waals surface area contributed by atoms with Crippen LogP contribution in [-0.2, 0) is 0 Å². The lowest BCUT2D eigenvalue weighted by Crippen LogP contribution is -2.29. The van der Waals surface area contributed by atoms with Crippen molar-refractivity contribution in [3.8, 4) is 5.75 Å². The molecule has 88 valence electrons. The van der Waals surface area contributed by atoms with E-state index in [0.29, 0.717) is 0 Å². The first-order valence-corrected chi connectivity index (χ1v) is 5.44. The van der Waals surface area contributed by atoms with Gasteiger partial charge in [0.15, 0.2) is 11.6 Å². The Bertz CT molecular complexity index is 400. The average molecular weight is 227 g/mol. The van der Waals surface area contributed by atoms with Crippen LogP contribution < -0.4 is 10.5 Å². The van der Waals surface area contributed by atoms with Gasteiger partial charge >= 0.3 is 0 Å². The maximum atomic E-state index is 13.5. The molecular weight excluding hydrogens is 212 g/mol. The molecule has 0 aromatic heterocycles. The maximum absolute atomic E-state index is 13.5. The second-order valence-corrected chi connectivity index (χ2v) is 4.54. The first kappa shape index (κ1) is 11.2. The molecule has 0 amide bonds. The van der Waals surface area contributed by atoms with Gasteiger partial charge in [0, 0.05) is 0 Å². The van der Waals surface area contributed by atoms with Crippen LogP contribution in [0.5, 0.6) is 5.75 Å². The summed E-state index contributed by atoms with van der Waals surface area (Å²) in [6.07, 6.45) is 3.80. The van der Waals surface area contributed by atoms with Crippen LogP contribution in [0.25, 0.3) is 0 Å². The van der Waals surface area contributed by atoms with Crippen molar-refractivity contribution in [3.63, 3.8) is 0 Å². The van der Waals surface area contributed by atoms with Gasteiger partial charge in [-0.1, -0.05) is 0 Å². The lowest BCUT2D eigenvalue weighted by molar-refractivity contribution is 0.0913. The van der Waals surface area contributed by atoms with E-state index in [4.69, 9.17) is 10.5 Å². The average Bonchev–Trinajstić information content (AvgIpc) is 2.66. The Morgan fingerprint density at radius 2 is 1.88 bits per heavy atom. The van der Waals surface area contributed by atoms with Gasteiger partial charge in [0.25, 0.3) is 0 Å². The first-order valence-electron chi connectivity index (χ1n) is 5.44. The van der Waals surface area contributed by atoms with Crippen LogP contribution in [0.3, 0.4) is 0 Å². The first-order chi connectivity index (χ1) is 7.52. The van der Waals surface area contributed by atoms with Gasteiger partial charge in [0.2, 0.25) is 5.82 Å². The minimum atomic E-state index is -0.992. The third-order valence-corrected chi connectivity index (χ3v) is 3.09. The van der Waals surface area contributed by atoms with Gasteiger partial charge in [-0.25, -0.2) is 4.39 Å². The third-order valence-electron chi connectivity index (χ3n) is 3.09. The fourth-order valence-electron chi connectivity index (χ4n) is 2.12. The smallest absolute Gasteiger partial charge is 0.202 e. The van der Waals surface area contributed by atoms with E-state index in [1.54, 1.807) is 0 Å². The number of rotatable bonds is 2. The maximum Gasteiger partial charge on any atom is 0.202 e. The number of anilines is 1. The van der Waals surface area contributed by atoms with Gasteiger partial charge in [-0.3, -0.25) is 0 Å². The summed E-state index contributed by atoms with van der Waals surface area (Å²) in [5.41, 5.74) is 5.33. The predicted molar refractivity (Wildman–Crippen MR) is 58.3 cm³/mol. The zero-order valence-corrected chi connectivity index (χ0v) is 9.22. The van der Waals surface area contributed by atoms with E-state index < -0.39 is 17.2 Å². The highest BCUT2D eigenvalue weighted by atomic mass is 19.2. The van der Waals surface area contributed by atoms with E-state index in [1.807, 2.05) is 6.92 Å². The van der Waals surface area contributed by atoms with Crippen LogP contribution in [0.2, 0.25) is 0 Å². The molecule has 16 heavy (non-hydrogen) atoms. The van der Waals surface area contributed by atoms with E-state index in [0.717, 1.165) is 31.7 Å². The van der Waals surface area contributed by atoms with Crippen LogP contribution in [0.4, 0.5) is 14.5 Å². The fourth-order valence-corrected chi connectivity index (χ4v) is 2.12. The highest BCUT2D eigenvalue weighted by molar-refractivity contribution is 5.53. The van der Waals surface area contributed by atoms with Crippen LogP contribution in [0.1, 0.15) is 32.6 Å². The number of nitrogen functional groups attached to an aromatic ring is 1. The number of hydrogen-bond acceptors (Lipinski definition) is 2. The van der Waals surface area contributed by atoms with Crippen molar-refractivity contribution in [2.24, 2.45) is 0 Å². The number of halogens is 2. The van der Waals surface area contributed by atoms with Crippen LogP contribution in [0, 0.1) is 11.6 Å². The highest BCUT2D eigenvalue weighted by Crippen LogP contribution is 2.37. The Balaban J connectivity index is 2.30. The molecule has 0 saturated heterocycles. The Morgan fingerprint density at radius 1 is 1.25 bits per heavy atom. The molecule has 0 heterocycles. The van der Waals surface area contributed by atoms with Gasteiger partial charge in [-0.15, -0.1) is 0 Å². The molecule has 0 radical (unpaired) electrons. The van der Waals surface area contributed by atoms with E-state index >= 15 is 0 Å². The Labute approximate surface area is 93.4 Å². The summed E-state index contributed by atoms with van der Waals surface area (Å²) in [6.45, 7) is 1.91. The largest absolute Gasteiger partial charge is 0.482 e. The van der Waals surface area contributed by atoms with Crippen molar-refractivity contribution in [1.29, 1.82) is 0 Å². The zero-order valence-electron chi connectivity index (χ0n) is 9.22. The van der Waals surface area contributed by atoms with Crippen LogP contribution in [-0.4, -0.2) is 5.60 Å². The minimum Gasteiger partial charge on any atom is -0.482 e. The van der Waals surface area contributed by atoms with Gasteiger partial charge < -0.3 is 10.5 Å². The van der Waals surface area contributed by atoms with Crippen molar-refractivity contribution in [2.75, 3.05) is 5.73 Å². The fraction of sp³-hybridized carbons (Fsp3) is 0.500. The molecule has 1 fully saturated rings. The molecule has 2 rings (SSSR count). The predicted octanol–water partition coefficient (Wildman–Crippen LogP) is 3.26. The van der Waals surface area contributed by atoms with Crippen molar-refractivity contribution in [2.45, 2.75) is 38.2 Å². The summed E-state index contributed by atoms with van der Waals surface area (Å²) in [7, 11) is 0. The summed E-state index contributed by atoms with van der Waals surface area (Å²) in [5, 5.41) is 0. The van der Waals surface area contributed by atoms with Crippen molar-refractivity contribution >= 4 is 5.69 Å². The van der Waals surface area contributed by atoms with Crippen LogP contribution >= 0.6 is 0 Å². The molecule has 2 N–H and O–H groups in total. The normalized spacial score (nSPS) is 18.7. The van der Waals surface area contributed by atoms with E-state index in [1.165, 1.54) is 6.07 Å². The molecule has 0 atom stereocenters. The molecule has 0 spiro atoms. The number of benzene rings is 1. The number of nitrogens with two attached hydrogens (primary N) is 1. The summed E-state index contributed by atoms with van der Waals surface area (Å²) in [4.78, 5) is 0. The summed E-state index contributed by atoms with van der Waals surface area (Å²) < 4.78 is 32.1. The molecule has 1 aliphatic carbocycles. The second kappa shape index (κ2) is 3.92. The Kier molecular flexibility index (Phi) is 2.74. The lowest BCUT2D eigenvalue weighted by Gasteiger charge is -2.26. The van der Waals surface area contributed by atoms with Gasteiger partial charge in [0.1, 0.15) is 5.60 Å². The molecule has 1 aliphatic rings. The molecule has 0 bridgehead atoms. The van der Waals surface area contributed by atoms with E-state index in [2.05, 4.69) is 0 Å². The second-order valence-electron chi connectivity index (χ2n) is 4.54. The molecule has 4 heteroatoms. The minimum absolute atomic E-state index is 0.145. The number of hydrogen-bond donors (Lipinski definition) is 1. The SMILES string of the molecule is CC1(Oc2c(N)ccc(F)c2F)CCCC1. The van der Waals surface area contributed by atoms with Gasteiger partial charge in [-0.05, 0) is 44.7 Å². The standard InChI is InChI=1S/C12H15F2NO/c1-12(6-2-3-7-12)16-11-9(15)5-4-8(13)10(11)14/h4-5H,2-3,6-7,15H2,1H3. The summed E-state index contributed by atoms with van der Waals surface area (Å²) >= 11 is 0. The quantitative estimate of drug-likeness (QED) is 0.787. The molecule has 1 aromatic carbocycles. The van der Waals surface area contributed by atoms with Gasteiger partial charge in [0.05, 0.1) is 5.69 Å². The van der Waals surface area contributed by atoms with Crippen molar-refractivity contribution < 1.29 is 13.5 Å². The molecule has 0 aliphatic heterocycles. The van der Waals surface area contributed by atoms with Crippen molar-refractivity contribution in [1.82, 2.24) is 0 Å². The van der Waals surface area contributed by atoms with Crippen LogP contribution in [0.15, 0.2) is 12.1 Å². The molecular formula is C12H15F2NO. The monoisotopic (exact) mass is 227 g/mol. The summed E-state index contributed by atoms with van der Waals surface area (Å²) in [6, 6.07) is 2.33. The van der Waals surface area contributed by atoms with Gasteiger partial charge in [-0.2, -0.15) is 4.39 Å². The van der Waals surface area contributed by atoms with Crippen molar-refractivity contribution in [3.05, 3.63) is 23.8 Å². The molecule has 1 saturated carbocycles. The topological polar surface area (TPSA) is 35.2 Å². The molecule has 1 aromatic rings. The lowest BCUT2D eigenvalue weighted by atomic mass is 10.1. The number of ether oxygens (including phenoxy) is 1.